The van der Waals surface area contributed by atoms with Gasteiger partial charge in [0.15, 0.2) is 0 Å². The fraction of sp³-hybridized carbons (Fsp3) is 0.286. The molecule has 0 aliphatic carbocycles. The molecule has 2 amide bonds. The van der Waals surface area contributed by atoms with Crippen LogP contribution in [0.1, 0.15) is 31.9 Å². The Hall–Kier alpha value is -3.57. The number of carbonyl (C=O) groups is 2. The molecule has 0 saturated heterocycles. The van der Waals surface area contributed by atoms with E-state index in [1.807, 2.05) is 0 Å². The van der Waals surface area contributed by atoms with Crippen LogP contribution < -0.4 is 9.62 Å². The molecule has 3 aromatic carbocycles. The first kappa shape index (κ1) is 31.0. The quantitative estimate of drug-likeness (QED) is 0.336. The van der Waals surface area contributed by atoms with Crippen LogP contribution in [0.2, 0.25) is 5.02 Å². The maximum atomic E-state index is 13.8. The van der Waals surface area contributed by atoms with E-state index in [1.54, 1.807) is 44.2 Å². The van der Waals surface area contributed by atoms with E-state index in [2.05, 4.69) is 5.32 Å². The van der Waals surface area contributed by atoms with Crippen LogP contribution in [0.5, 0.6) is 0 Å². The van der Waals surface area contributed by atoms with Crippen LogP contribution in [0.25, 0.3) is 0 Å². The lowest BCUT2D eigenvalue weighted by atomic mass is 10.1. The van der Waals surface area contributed by atoms with Gasteiger partial charge in [-0.1, -0.05) is 48.0 Å². The second kappa shape index (κ2) is 12.7. The smallest absolute Gasteiger partial charge is 0.352 e. The Morgan fingerprint density at radius 2 is 1.57 bits per heavy atom. The van der Waals surface area contributed by atoms with E-state index >= 15 is 0 Å². The van der Waals surface area contributed by atoms with Gasteiger partial charge in [-0.2, -0.15) is 13.2 Å². The Labute approximate surface area is 236 Å². The third-order valence-corrected chi connectivity index (χ3v) is 7.93. The highest BCUT2D eigenvalue weighted by Gasteiger charge is 2.35. The summed E-state index contributed by atoms with van der Waals surface area (Å²) in [6.45, 7) is 4.01. The van der Waals surface area contributed by atoms with Gasteiger partial charge in [0.25, 0.3) is 10.0 Å². The van der Waals surface area contributed by atoms with Crippen LogP contribution in [-0.4, -0.2) is 43.8 Å². The Balaban J connectivity index is 2.08. The van der Waals surface area contributed by atoms with E-state index in [-0.39, 0.29) is 23.2 Å². The van der Waals surface area contributed by atoms with Crippen molar-refractivity contribution in [2.24, 2.45) is 0 Å². The zero-order chi connectivity index (χ0) is 29.7. The van der Waals surface area contributed by atoms with Crippen molar-refractivity contribution in [3.63, 3.8) is 0 Å². The first-order chi connectivity index (χ1) is 18.7. The fourth-order valence-corrected chi connectivity index (χ4v) is 5.55. The van der Waals surface area contributed by atoms with E-state index in [1.165, 1.54) is 42.2 Å². The number of nitrogens with one attached hydrogen (secondary N) is 1. The zero-order valence-electron chi connectivity index (χ0n) is 22.0. The molecule has 3 aromatic rings. The second-order valence-electron chi connectivity index (χ2n) is 9.36. The number of alkyl halides is 3. The molecule has 0 saturated carbocycles. The lowest BCUT2D eigenvalue weighted by Crippen LogP contribution is -2.52. The Morgan fingerprint density at radius 3 is 2.17 bits per heavy atom. The van der Waals surface area contributed by atoms with Crippen molar-refractivity contribution in [1.29, 1.82) is 0 Å². The third-order valence-electron chi connectivity index (χ3n) is 5.91. The van der Waals surface area contributed by atoms with Crippen molar-refractivity contribution >= 4 is 39.1 Å². The fourth-order valence-electron chi connectivity index (χ4n) is 3.91. The number of anilines is 1. The van der Waals surface area contributed by atoms with Crippen LogP contribution in [0, 0.1) is 0 Å². The van der Waals surface area contributed by atoms with Gasteiger partial charge in [-0.25, -0.2) is 8.42 Å². The second-order valence-corrected chi connectivity index (χ2v) is 11.7. The van der Waals surface area contributed by atoms with Crippen molar-refractivity contribution in [1.82, 2.24) is 10.2 Å². The molecule has 0 aliphatic heterocycles. The monoisotopic (exact) mass is 595 g/mol. The van der Waals surface area contributed by atoms with Gasteiger partial charge in [0.05, 0.1) is 16.1 Å². The summed E-state index contributed by atoms with van der Waals surface area (Å²) in [5.41, 5.74) is -0.859. The minimum Gasteiger partial charge on any atom is -0.352 e. The van der Waals surface area contributed by atoms with Gasteiger partial charge >= 0.3 is 6.18 Å². The number of nitrogens with zero attached hydrogens (tertiary/aromatic N) is 2. The maximum Gasteiger partial charge on any atom is 0.416 e. The van der Waals surface area contributed by atoms with E-state index < -0.39 is 46.2 Å². The van der Waals surface area contributed by atoms with Crippen LogP contribution in [0.15, 0.2) is 83.8 Å². The predicted octanol–water partition coefficient (Wildman–Crippen LogP) is 5.50. The van der Waals surface area contributed by atoms with Gasteiger partial charge in [-0.15, -0.1) is 0 Å². The SMILES string of the molecule is CC(C)NC(=O)C(C)N(Cc1cccc(Cl)c1)C(=O)CN(c1cccc(C(F)(F)F)c1)S(=O)(=O)c1ccccc1. The first-order valence-corrected chi connectivity index (χ1v) is 14.1. The number of amides is 2. The van der Waals surface area contributed by atoms with E-state index in [4.69, 9.17) is 11.6 Å². The van der Waals surface area contributed by atoms with Crippen molar-refractivity contribution in [2.45, 2.75) is 50.5 Å². The molecule has 0 spiro atoms. The van der Waals surface area contributed by atoms with Gasteiger partial charge < -0.3 is 10.2 Å². The molecule has 0 fully saturated rings. The van der Waals surface area contributed by atoms with Crippen LogP contribution >= 0.6 is 11.6 Å². The lowest BCUT2D eigenvalue weighted by molar-refractivity contribution is -0.139. The summed E-state index contributed by atoms with van der Waals surface area (Å²) >= 11 is 6.10. The molecule has 214 valence electrons. The number of halogens is 4. The summed E-state index contributed by atoms with van der Waals surface area (Å²) in [7, 11) is -4.49. The third kappa shape index (κ3) is 7.76. The highest BCUT2D eigenvalue weighted by Crippen LogP contribution is 2.33. The standard InChI is InChI=1S/C28H29ClF3N3O4S/c1-19(2)33-27(37)20(3)34(17-21-9-7-11-23(29)15-21)26(36)18-35(40(38,39)25-13-5-4-6-14-25)24-12-8-10-22(16-24)28(30,31)32/h4-16,19-20H,17-18H2,1-3H3,(H,33,37). The Morgan fingerprint density at radius 1 is 0.925 bits per heavy atom. The molecule has 1 unspecified atom stereocenters. The Bertz CT molecular complexity index is 1450. The summed E-state index contributed by atoms with van der Waals surface area (Å²) in [5, 5.41) is 3.11. The van der Waals surface area contributed by atoms with E-state index in [0.717, 1.165) is 12.1 Å². The number of carbonyl (C=O) groups excluding carboxylic acids is 2. The molecule has 0 radical (unpaired) electrons. The van der Waals surface area contributed by atoms with Crippen molar-refractivity contribution in [3.8, 4) is 0 Å². The van der Waals surface area contributed by atoms with Gasteiger partial charge in [0.1, 0.15) is 12.6 Å². The summed E-state index contributed by atoms with van der Waals surface area (Å²) in [6, 6.07) is 16.1. The van der Waals surface area contributed by atoms with Gasteiger partial charge in [0.2, 0.25) is 11.8 Å². The molecule has 12 heteroatoms. The zero-order valence-corrected chi connectivity index (χ0v) is 23.6. The number of hydrogen-bond donors (Lipinski definition) is 1. The van der Waals surface area contributed by atoms with Crippen LogP contribution in [0.3, 0.4) is 0 Å². The molecule has 0 heterocycles. The maximum absolute atomic E-state index is 13.8. The molecule has 40 heavy (non-hydrogen) atoms. The summed E-state index contributed by atoms with van der Waals surface area (Å²) in [6.07, 6.45) is -4.75. The molecule has 0 bridgehead atoms. The first-order valence-electron chi connectivity index (χ1n) is 12.3. The Kier molecular flexibility index (Phi) is 9.86. The van der Waals surface area contributed by atoms with Crippen molar-refractivity contribution < 1.29 is 31.2 Å². The van der Waals surface area contributed by atoms with Gasteiger partial charge in [0, 0.05) is 17.6 Å². The normalized spacial score (nSPS) is 12.6. The number of hydrogen-bond acceptors (Lipinski definition) is 4. The summed E-state index contributed by atoms with van der Waals surface area (Å²) < 4.78 is 68.5. The summed E-state index contributed by atoms with van der Waals surface area (Å²) in [4.78, 5) is 27.6. The van der Waals surface area contributed by atoms with Crippen molar-refractivity contribution in [2.75, 3.05) is 10.8 Å². The molecule has 1 N–H and O–H groups in total. The molecule has 1 atom stereocenters. The highest BCUT2D eigenvalue weighted by molar-refractivity contribution is 7.92. The van der Waals surface area contributed by atoms with Gasteiger partial charge in [-0.3, -0.25) is 13.9 Å². The van der Waals surface area contributed by atoms with Crippen LogP contribution in [0.4, 0.5) is 18.9 Å². The van der Waals surface area contributed by atoms with Crippen LogP contribution in [-0.2, 0) is 32.3 Å². The minimum atomic E-state index is -4.75. The number of rotatable bonds is 10. The number of sulfonamides is 1. The molecular weight excluding hydrogens is 567 g/mol. The molecule has 0 aromatic heterocycles. The largest absolute Gasteiger partial charge is 0.416 e. The average molecular weight is 596 g/mol. The summed E-state index contributed by atoms with van der Waals surface area (Å²) in [5.74, 6) is -1.29. The van der Waals surface area contributed by atoms with Crippen molar-refractivity contribution in [3.05, 3.63) is 95.0 Å². The lowest BCUT2D eigenvalue weighted by Gasteiger charge is -2.32. The topological polar surface area (TPSA) is 86.8 Å². The minimum absolute atomic E-state index is 0.103. The molecular formula is C28H29ClF3N3O4S. The predicted molar refractivity (Wildman–Crippen MR) is 147 cm³/mol. The molecule has 3 rings (SSSR count). The van der Waals surface area contributed by atoms with E-state index in [0.29, 0.717) is 21.0 Å². The van der Waals surface area contributed by atoms with Gasteiger partial charge in [-0.05, 0) is 68.8 Å². The average Bonchev–Trinajstić information content (AvgIpc) is 2.89. The molecule has 7 nitrogen and oxygen atoms in total. The van der Waals surface area contributed by atoms with E-state index in [9.17, 15) is 31.2 Å². The number of benzene rings is 3. The highest BCUT2D eigenvalue weighted by atomic mass is 35.5. The molecule has 0 aliphatic rings.